The molecule has 1 aromatic rings. The fraction of sp³-hybridized carbons (Fsp3) is 0.750. The molecule has 6 heteroatoms. The van der Waals surface area contributed by atoms with Gasteiger partial charge in [0.2, 0.25) is 5.91 Å². The fourth-order valence-electron chi connectivity index (χ4n) is 1.09. The molecule has 6 nitrogen and oxygen atoms in total. The summed E-state index contributed by atoms with van der Waals surface area (Å²) in [5.74, 6) is 0.865. The quantitative estimate of drug-likeness (QED) is 0.701. The molecule has 1 amide bonds. The molecule has 0 radical (unpaired) electrons. The lowest BCUT2D eigenvalue weighted by atomic mass is 10.3. The predicted molar refractivity (Wildman–Crippen MR) is 50.4 cm³/mol. The second kappa shape index (κ2) is 5.31. The van der Waals surface area contributed by atoms with Crippen molar-refractivity contribution in [3.8, 4) is 0 Å². The van der Waals surface area contributed by atoms with E-state index in [0.717, 1.165) is 12.2 Å². The number of rotatable bonds is 5. The summed E-state index contributed by atoms with van der Waals surface area (Å²) in [4.78, 5) is 11.1. The maximum Gasteiger partial charge on any atom is 0.219 e. The average molecular weight is 197 g/mol. The number of hydrogen-bond acceptors (Lipinski definition) is 4. The van der Waals surface area contributed by atoms with Crippen molar-refractivity contribution >= 4 is 5.91 Å². The van der Waals surface area contributed by atoms with E-state index in [4.69, 9.17) is 0 Å². The molecule has 0 aliphatic heterocycles. The molecule has 1 aromatic heterocycles. The zero-order chi connectivity index (χ0) is 10.4. The summed E-state index contributed by atoms with van der Waals surface area (Å²) in [7, 11) is 1.78. The molecule has 1 heterocycles. The number of tetrazole rings is 1. The first-order valence-corrected chi connectivity index (χ1v) is 4.72. The van der Waals surface area contributed by atoms with E-state index in [1.165, 1.54) is 0 Å². The molecule has 78 valence electrons. The molecule has 0 spiro atoms. The van der Waals surface area contributed by atoms with Crippen LogP contribution < -0.4 is 5.32 Å². The molecule has 0 aliphatic rings. The summed E-state index contributed by atoms with van der Waals surface area (Å²) in [6.45, 7) is 2.57. The van der Waals surface area contributed by atoms with Crippen molar-refractivity contribution in [1.82, 2.24) is 25.5 Å². The van der Waals surface area contributed by atoms with Gasteiger partial charge in [-0.1, -0.05) is 6.92 Å². The maximum atomic E-state index is 11.1. The minimum absolute atomic E-state index is 0.0858. The summed E-state index contributed by atoms with van der Waals surface area (Å²) in [6, 6.07) is 0. The van der Waals surface area contributed by atoms with Crippen LogP contribution in [0.25, 0.3) is 0 Å². The van der Waals surface area contributed by atoms with E-state index in [9.17, 15) is 4.79 Å². The summed E-state index contributed by atoms with van der Waals surface area (Å²) in [6.07, 6.45) is 2.12. The highest BCUT2D eigenvalue weighted by Gasteiger charge is 2.02. The van der Waals surface area contributed by atoms with Crippen molar-refractivity contribution in [2.24, 2.45) is 7.05 Å². The largest absolute Gasteiger partial charge is 0.356 e. The molecule has 1 N–H and O–H groups in total. The van der Waals surface area contributed by atoms with Crippen molar-refractivity contribution in [3.05, 3.63) is 5.82 Å². The molecule has 0 unspecified atom stereocenters. The predicted octanol–water partition coefficient (Wildman–Crippen LogP) is -0.331. The maximum absolute atomic E-state index is 11.1. The van der Waals surface area contributed by atoms with Crippen LogP contribution in [0.15, 0.2) is 0 Å². The molecule has 0 aromatic carbocycles. The lowest BCUT2D eigenvalue weighted by Gasteiger charge is -2.02. The van der Waals surface area contributed by atoms with Gasteiger partial charge < -0.3 is 5.32 Å². The summed E-state index contributed by atoms with van der Waals surface area (Å²) in [5.41, 5.74) is 0. The lowest BCUT2D eigenvalue weighted by Crippen LogP contribution is -2.25. The summed E-state index contributed by atoms with van der Waals surface area (Å²) in [5, 5.41) is 13.8. The summed E-state index contributed by atoms with van der Waals surface area (Å²) >= 11 is 0. The molecule has 14 heavy (non-hydrogen) atoms. The third-order valence-electron chi connectivity index (χ3n) is 1.86. The second-order valence-electron chi connectivity index (χ2n) is 3.07. The smallest absolute Gasteiger partial charge is 0.219 e. The fourth-order valence-corrected chi connectivity index (χ4v) is 1.09. The highest BCUT2D eigenvalue weighted by atomic mass is 16.1. The second-order valence-corrected chi connectivity index (χ2v) is 3.07. The molecule has 1 rings (SSSR count). The van der Waals surface area contributed by atoms with Gasteiger partial charge in [0.05, 0.1) is 0 Å². The van der Waals surface area contributed by atoms with Crippen LogP contribution in [0.2, 0.25) is 0 Å². The number of carbonyl (C=O) groups is 1. The number of nitrogens with one attached hydrogen (secondary N) is 1. The highest BCUT2D eigenvalue weighted by molar-refractivity contribution is 5.75. The van der Waals surface area contributed by atoms with Crippen molar-refractivity contribution in [2.45, 2.75) is 26.2 Å². The van der Waals surface area contributed by atoms with Gasteiger partial charge in [-0.05, 0) is 16.8 Å². The van der Waals surface area contributed by atoms with Gasteiger partial charge in [0.25, 0.3) is 0 Å². The minimum Gasteiger partial charge on any atom is -0.356 e. The SMILES string of the molecule is CCCC(=O)NCCc1nnnn1C. The van der Waals surface area contributed by atoms with Crippen LogP contribution >= 0.6 is 0 Å². The highest BCUT2D eigenvalue weighted by Crippen LogP contribution is 1.90. The molecule has 0 atom stereocenters. The molecule has 0 saturated carbocycles. The van der Waals surface area contributed by atoms with E-state index >= 15 is 0 Å². The molecular formula is C8H15N5O. The van der Waals surface area contributed by atoms with E-state index in [-0.39, 0.29) is 5.91 Å². The number of nitrogens with zero attached hydrogens (tertiary/aromatic N) is 4. The Morgan fingerprint density at radius 2 is 2.36 bits per heavy atom. The van der Waals surface area contributed by atoms with Gasteiger partial charge in [-0.25, -0.2) is 4.68 Å². The molecular weight excluding hydrogens is 182 g/mol. The Morgan fingerprint density at radius 3 is 2.93 bits per heavy atom. The molecule has 0 fully saturated rings. The van der Waals surface area contributed by atoms with Gasteiger partial charge in [-0.15, -0.1) is 5.10 Å². The topological polar surface area (TPSA) is 72.7 Å². The summed E-state index contributed by atoms with van der Waals surface area (Å²) < 4.78 is 1.60. The van der Waals surface area contributed by atoms with E-state index < -0.39 is 0 Å². The van der Waals surface area contributed by atoms with Gasteiger partial charge in [0.1, 0.15) is 0 Å². The van der Waals surface area contributed by atoms with Gasteiger partial charge in [-0.2, -0.15) is 0 Å². The van der Waals surface area contributed by atoms with Crippen LogP contribution in [0.5, 0.6) is 0 Å². The van der Waals surface area contributed by atoms with Crippen LogP contribution in [0.3, 0.4) is 0 Å². The van der Waals surface area contributed by atoms with Crippen LogP contribution in [0, 0.1) is 0 Å². The van der Waals surface area contributed by atoms with Crippen molar-refractivity contribution < 1.29 is 4.79 Å². The van der Waals surface area contributed by atoms with Crippen LogP contribution in [-0.2, 0) is 18.3 Å². The van der Waals surface area contributed by atoms with E-state index in [2.05, 4.69) is 20.8 Å². The average Bonchev–Trinajstić information content (AvgIpc) is 2.52. The number of hydrogen-bond donors (Lipinski definition) is 1. The van der Waals surface area contributed by atoms with Gasteiger partial charge >= 0.3 is 0 Å². The van der Waals surface area contributed by atoms with E-state index in [1.807, 2.05) is 6.92 Å². The van der Waals surface area contributed by atoms with Crippen LogP contribution in [-0.4, -0.2) is 32.7 Å². The third kappa shape index (κ3) is 3.12. The standard InChI is InChI=1S/C8H15N5O/c1-3-4-8(14)9-6-5-7-10-11-12-13(7)2/h3-6H2,1-2H3,(H,9,14). The van der Waals surface area contributed by atoms with Crippen LogP contribution in [0.1, 0.15) is 25.6 Å². The first kappa shape index (κ1) is 10.6. The normalized spacial score (nSPS) is 10.1. The zero-order valence-corrected chi connectivity index (χ0v) is 8.53. The van der Waals surface area contributed by atoms with E-state index in [0.29, 0.717) is 19.4 Å². The number of aromatic nitrogens is 4. The first-order valence-electron chi connectivity index (χ1n) is 4.72. The zero-order valence-electron chi connectivity index (χ0n) is 8.53. The minimum atomic E-state index is 0.0858. The first-order chi connectivity index (χ1) is 6.74. The Hall–Kier alpha value is -1.46. The van der Waals surface area contributed by atoms with Gasteiger partial charge in [-0.3, -0.25) is 4.79 Å². The Kier molecular flexibility index (Phi) is 4.03. The lowest BCUT2D eigenvalue weighted by molar-refractivity contribution is -0.121. The Bertz CT molecular complexity index is 296. The Labute approximate surface area is 82.7 Å². The molecule has 0 saturated heterocycles. The Morgan fingerprint density at radius 1 is 1.57 bits per heavy atom. The molecule has 0 aliphatic carbocycles. The number of aryl methyl sites for hydroxylation is 1. The van der Waals surface area contributed by atoms with Crippen molar-refractivity contribution in [2.75, 3.05) is 6.54 Å². The Balaban J connectivity index is 2.22. The number of amides is 1. The number of carbonyl (C=O) groups excluding carboxylic acids is 1. The van der Waals surface area contributed by atoms with Gasteiger partial charge in [0.15, 0.2) is 5.82 Å². The van der Waals surface area contributed by atoms with Gasteiger partial charge in [0, 0.05) is 26.4 Å². The van der Waals surface area contributed by atoms with Crippen LogP contribution in [0.4, 0.5) is 0 Å². The van der Waals surface area contributed by atoms with E-state index in [1.54, 1.807) is 11.7 Å². The monoisotopic (exact) mass is 197 g/mol. The van der Waals surface area contributed by atoms with Crippen molar-refractivity contribution in [3.63, 3.8) is 0 Å². The molecule has 0 bridgehead atoms. The van der Waals surface area contributed by atoms with Crippen molar-refractivity contribution in [1.29, 1.82) is 0 Å². The third-order valence-corrected chi connectivity index (χ3v) is 1.86.